The van der Waals surface area contributed by atoms with Crippen molar-refractivity contribution in [2.24, 2.45) is 0 Å². The minimum absolute atomic E-state index is 0.129. The van der Waals surface area contributed by atoms with E-state index in [9.17, 15) is 9.90 Å². The van der Waals surface area contributed by atoms with E-state index in [4.69, 9.17) is 4.42 Å². The van der Waals surface area contributed by atoms with Crippen LogP contribution in [0.1, 0.15) is 74.4 Å². The van der Waals surface area contributed by atoms with E-state index in [0.29, 0.717) is 11.3 Å². The van der Waals surface area contributed by atoms with Crippen LogP contribution in [0.25, 0.3) is 22.1 Å². The van der Waals surface area contributed by atoms with Gasteiger partial charge in [-0.05, 0) is 67.9 Å². The summed E-state index contributed by atoms with van der Waals surface area (Å²) >= 11 is 0. The molecule has 5 rings (SSSR count). The number of hydrogen-bond donors (Lipinski definition) is 2. The molecule has 0 radical (unpaired) electrons. The van der Waals surface area contributed by atoms with Crippen molar-refractivity contribution >= 4 is 16.9 Å². The van der Waals surface area contributed by atoms with Crippen LogP contribution in [0.5, 0.6) is 0 Å². The van der Waals surface area contributed by atoms with E-state index in [1.54, 1.807) is 0 Å². The van der Waals surface area contributed by atoms with Crippen molar-refractivity contribution in [1.82, 2.24) is 5.32 Å². The lowest BCUT2D eigenvalue weighted by Gasteiger charge is -2.37. The number of nitrogens with one attached hydrogen (secondary N) is 1. The second-order valence-corrected chi connectivity index (χ2v) is 9.40. The summed E-state index contributed by atoms with van der Waals surface area (Å²) in [5.74, 6) is 0.242. The standard InChI is InChI=1S/C26H29NO3/c1-25(12-3-2-4-13-25)27-24(28)23-17-20-7-6-19(16-22(20)30-23)18-8-10-21(11-9-18)26(29)14-5-15-26/h6-11,16-17,29H,2-5,12-15H2,1H3,(H,27,28). The van der Waals surface area contributed by atoms with Crippen LogP contribution in [0.15, 0.2) is 52.9 Å². The van der Waals surface area contributed by atoms with E-state index < -0.39 is 5.60 Å². The third-order valence-corrected chi connectivity index (χ3v) is 7.05. The molecule has 0 atom stereocenters. The van der Waals surface area contributed by atoms with E-state index in [-0.39, 0.29) is 11.4 Å². The van der Waals surface area contributed by atoms with Gasteiger partial charge in [0, 0.05) is 10.9 Å². The van der Waals surface area contributed by atoms with Gasteiger partial charge in [0.15, 0.2) is 5.76 Å². The van der Waals surface area contributed by atoms with Gasteiger partial charge >= 0.3 is 0 Å². The van der Waals surface area contributed by atoms with Gasteiger partial charge < -0.3 is 14.8 Å². The molecule has 2 N–H and O–H groups in total. The van der Waals surface area contributed by atoms with Gasteiger partial charge in [0.1, 0.15) is 5.58 Å². The molecule has 30 heavy (non-hydrogen) atoms. The summed E-state index contributed by atoms with van der Waals surface area (Å²) < 4.78 is 5.93. The van der Waals surface area contributed by atoms with Crippen molar-refractivity contribution in [3.8, 4) is 11.1 Å². The average Bonchev–Trinajstić information content (AvgIpc) is 3.16. The van der Waals surface area contributed by atoms with Crippen molar-refractivity contribution in [3.63, 3.8) is 0 Å². The van der Waals surface area contributed by atoms with Crippen LogP contribution >= 0.6 is 0 Å². The first-order chi connectivity index (χ1) is 14.4. The van der Waals surface area contributed by atoms with Crippen LogP contribution in [-0.2, 0) is 5.60 Å². The van der Waals surface area contributed by atoms with Crippen LogP contribution < -0.4 is 5.32 Å². The second kappa shape index (κ2) is 7.28. The molecular weight excluding hydrogens is 374 g/mol. The molecular formula is C26H29NO3. The SMILES string of the molecule is CC1(NC(=O)c2cc3ccc(-c4ccc(C5(O)CCC5)cc4)cc3o2)CCCCC1. The predicted molar refractivity (Wildman–Crippen MR) is 118 cm³/mol. The Morgan fingerprint density at radius 2 is 1.60 bits per heavy atom. The molecule has 1 amide bonds. The van der Waals surface area contributed by atoms with Gasteiger partial charge in [0.2, 0.25) is 0 Å². The molecule has 0 bridgehead atoms. The normalized spacial score (nSPS) is 19.9. The van der Waals surface area contributed by atoms with Crippen LogP contribution in [0, 0.1) is 0 Å². The van der Waals surface area contributed by atoms with Crippen molar-refractivity contribution in [2.45, 2.75) is 69.4 Å². The molecule has 0 unspecified atom stereocenters. The zero-order valence-electron chi connectivity index (χ0n) is 17.5. The maximum atomic E-state index is 12.8. The van der Waals surface area contributed by atoms with Crippen molar-refractivity contribution < 1.29 is 14.3 Å². The lowest BCUT2D eigenvalue weighted by Crippen LogP contribution is -2.47. The Morgan fingerprint density at radius 1 is 0.900 bits per heavy atom. The summed E-state index contributed by atoms with van der Waals surface area (Å²) in [6, 6.07) is 16.0. The van der Waals surface area contributed by atoms with Crippen molar-refractivity contribution in [3.05, 3.63) is 59.9 Å². The van der Waals surface area contributed by atoms with Crippen molar-refractivity contribution in [2.75, 3.05) is 0 Å². The molecule has 2 aromatic carbocycles. The van der Waals surface area contributed by atoms with Crippen LogP contribution in [0.3, 0.4) is 0 Å². The number of furan rings is 1. The number of hydrogen-bond acceptors (Lipinski definition) is 3. The summed E-state index contributed by atoms with van der Waals surface area (Å²) in [6.07, 6.45) is 8.39. The Bertz CT molecular complexity index is 1070. The molecule has 4 heteroatoms. The monoisotopic (exact) mass is 403 g/mol. The molecule has 1 aromatic heterocycles. The van der Waals surface area contributed by atoms with Gasteiger partial charge in [-0.15, -0.1) is 0 Å². The second-order valence-electron chi connectivity index (χ2n) is 9.40. The number of benzene rings is 2. The Hall–Kier alpha value is -2.59. The maximum absolute atomic E-state index is 12.8. The quantitative estimate of drug-likeness (QED) is 0.568. The van der Waals surface area contributed by atoms with Crippen molar-refractivity contribution in [1.29, 1.82) is 0 Å². The zero-order chi connectivity index (χ0) is 20.8. The minimum Gasteiger partial charge on any atom is -0.451 e. The van der Waals surface area contributed by atoms with Gasteiger partial charge in [-0.25, -0.2) is 0 Å². The summed E-state index contributed by atoms with van der Waals surface area (Å²) in [7, 11) is 0. The summed E-state index contributed by atoms with van der Waals surface area (Å²) in [5.41, 5.74) is 3.04. The number of carbonyl (C=O) groups is 1. The van der Waals surface area contributed by atoms with E-state index in [2.05, 4.69) is 18.3 Å². The molecule has 4 nitrogen and oxygen atoms in total. The molecule has 2 saturated carbocycles. The van der Waals surface area contributed by atoms with Crippen LogP contribution in [-0.4, -0.2) is 16.6 Å². The number of fused-ring (bicyclic) bond motifs is 1. The van der Waals surface area contributed by atoms with Gasteiger partial charge in [-0.1, -0.05) is 55.7 Å². The summed E-state index contributed by atoms with van der Waals surface area (Å²) in [6.45, 7) is 2.13. The summed E-state index contributed by atoms with van der Waals surface area (Å²) in [5, 5.41) is 14.6. The molecule has 1 heterocycles. The Labute approximate surface area is 177 Å². The largest absolute Gasteiger partial charge is 0.451 e. The van der Waals surface area contributed by atoms with Gasteiger partial charge in [0.05, 0.1) is 5.60 Å². The lowest BCUT2D eigenvalue weighted by molar-refractivity contribution is -0.0387. The minimum atomic E-state index is -0.638. The fourth-order valence-corrected chi connectivity index (χ4v) is 4.89. The smallest absolute Gasteiger partial charge is 0.287 e. The summed E-state index contributed by atoms with van der Waals surface area (Å²) in [4.78, 5) is 12.8. The molecule has 0 aliphatic heterocycles. The van der Waals surface area contributed by atoms with Crippen LogP contribution in [0.4, 0.5) is 0 Å². The highest BCUT2D eigenvalue weighted by Gasteiger charge is 2.36. The fraction of sp³-hybridized carbons (Fsp3) is 0.423. The number of rotatable bonds is 4. The molecule has 2 aliphatic carbocycles. The molecule has 0 spiro atoms. The number of amides is 1. The van der Waals surface area contributed by atoms with Crippen LogP contribution in [0.2, 0.25) is 0 Å². The van der Waals surface area contributed by atoms with E-state index in [1.165, 1.54) is 6.42 Å². The Morgan fingerprint density at radius 3 is 2.27 bits per heavy atom. The molecule has 2 aliphatic rings. The number of carbonyl (C=O) groups excluding carboxylic acids is 1. The third-order valence-electron chi connectivity index (χ3n) is 7.05. The first-order valence-corrected chi connectivity index (χ1v) is 11.1. The Kier molecular flexibility index (Phi) is 4.70. The zero-order valence-corrected chi connectivity index (χ0v) is 17.5. The highest BCUT2D eigenvalue weighted by atomic mass is 16.3. The number of aliphatic hydroxyl groups is 1. The average molecular weight is 404 g/mol. The fourth-order valence-electron chi connectivity index (χ4n) is 4.89. The highest BCUT2D eigenvalue weighted by Crippen LogP contribution is 2.41. The molecule has 2 fully saturated rings. The third kappa shape index (κ3) is 3.54. The molecule has 156 valence electrons. The topological polar surface area (TPSA) is 62.5 Å². The lowest BCUT2D eigenvalue weighted by atomic mass is 9.75. The van der Waals surface area contributed by atoms with E-state index >= 15 is 0 Å². The van der Waals surface area contributed by atoms with Gasteiger partial charge in [-0.3, -0.25) is 4.79 Å². The highest BCUT2D eigenvalue weighted by molar-refractivity contribution is 5.97. The Balaban J connectivity index is 1.36. The first-order valence-electron chi connectivity index (χ1n) is 11.1. The van der Waals surface area contributed by atoms with E-state index in [0.717, 1.165) is 67.0 Å². The predicted octanol–water partition coefficient (Wildman–Crippen LogP) is 5.92. The molecule has 3 aromatic rings. The van der Waals surface area contributed by atoms with Gasteiger partial charge in [0.25, 0.3) is 5.91 Å². The van der Waals surface area contributed by atoms with E-state index in [1.807, 2.05) is 42.5 Å². The van der Waals surface area contributed by atoms with Gasteiger partial charge in [-0.2, -0.15) is 0 Å². The maximum Gasteiger partial charge on any atom is 0.287 e. The molecule has 0 saturated heterocycles. The first kappa shape index (κ1) is 19.4.